The van der Waals surface area contributed by atoms with Crippen LogP contribution in [0.5, 0.6) is 0 Å². The van der Waals surface area contributed by atoms with Crippen molar-refractivity contribution in [1.29, 1.82) is 0 Å². The molecule has 0 amide bonds. The highest BCUT2D eigenvalue weighted by molar-refractivity contribution is 6.06. The van der Waals surface area contributed by atoms with Crippen LogP contribution in [0.15, 0.2) is 53.6 Å². The molecule has 0 atom stereocenters. The second-order valence-corrected chi connectivity index (χ2v) is 5.12. The van der Waals surface area contributed by atoms with E-state index < -0.39 is 0 Å². The second-order valence-electron chi connectivity index (χ2n) is 5.12. The molecule has 100 valence electrons. The second kappa shape index (κ2) is 5.85. The summed E-state index contributed by atoms with van der Waals surface area (Å²) in [6, 6.07) is 8.62. The normalized spacial score (nSPS) is 17.9. The number of likely N-dealkylation sites (N-methyl/N-ethyl adjacent to an activating group) is 1. The predicted molar refractivity (Wildman–Crippen MR) is 83.6 cm³/mol. The van der Waals surface area contributed by atoms with E-state index in [4.69, 9.17) is 0 Å². The van der Waals surface area contributed by atoms with E-state index in [1.807, 2.05) is 26.2 Å². The zero-order valence-corrected chi connectivity index (χ0v) is 12.0. The largest absolute Gasteiger partial charge is 0.378 e. The van der Waals surface area contributed by atoms with Crippen molar-refractivity contribution in [3.8, 4) is 0 Å². The first kappa shape index (κ1) is 13.6. The highest BCUT2D eigenvalue weighted by Crippen LogP contribution is 2.19. The molecule has 0 fully saturated rings. The minimum absolute atomic E-state index is 0.370. The molecule has 3 nitrogen and oxygen atoms in total. The maximum atomic E-state index is 4.62. The Morgan fingerprint density at radius 1 is 0.895 bits per heavy atom. The van der Waals surface area contributed by atoms with E-state index in [0.29, 0.717) is 6.04 Å². The van der Waals surface area contributed by atoms with Crippen molar-refractivity contribution >= 4 is 17.1 Å². The van der Waals surface area contributed by atoms with E-state index >= 15 is 0 Å². The molecule has 1 aromatic rings. The average Bonchev–Trinajstić information content (AvgIpc) is 2.40. The Bertz CT molecular complexity index is 491. The molecule has 0 unspecified atom stereocenters. The monoisotopic (exact) mass is 255 g/mol. The lowest BCUT2D eigenvalue weighted by Gasteiger charge is -2.19. The Kier molecular flexibility index (Phi) is 4.17. The van der Waals surface area contributed by atoms with Gasteiger partial charge in [0.2, 0.25) is 0 Å². The van der Waals surface area contributed by atoms with Crippen molar-refractivity contribution in [3.05, 3.63) is 48.6 Å². The first-order valence-corrected chi connectivity index (χ1v) is 6.45. The lowest BCUT2D eigenvalue weighted by molar-refractivity contribution is 0.391. The smallest absolute Gasteiger partial charge is 0.0638 e. The van der Waals surface area contributed by atoms with Gasteiger partial charge in [0, 0.05) is 25.8 Å². The molecule has 1 aromatic carbocycles. The molecule has 19 heavy (non-hydrogen) atoms. The molecule has 0 radical (unpaired) electrons. The fourth-order valence-corrected chi connectivity index (χ4v) is 1.91. The number of anilines is 1. The molecule has 1 aliphatic rings. The van der Waals surface area contributed by atoms with Crippen LogP contribution >= 0.6 is 0 Å². The van der Waals surface area contributed by atoms with Gasteiger partial charge in [0.1, 0.15) is 0 Å². The molecule has 0 saturated heterocycles. The summed E-state index contributed by atoms with van der Waals surface area (Å²) in [4.78, 5) is 8.86. The molecule has 0 aliphatic heterocycles. The molecular weight excluding hydrogens is 234 g/mol. The van der Waals surface area contributed by atoms with E-state index in [1.54, 1.807) is 0 Å². The van der Waals surface area contributed by atoms with Gasteiger partial charge in [-0.2, -0.15) is 0 Å². The third-order valence-corrected chi connectivity index (χ3v) is 3.15. The van der Waals surface area contributed by atoms with Gasteiger partial charge in [-0.15, -0.1) is 0 Å². The molecule has 0 aromatic heterocycles. The molecule has 1 aliphatic carbocycles. The van der Waals surface area contributed by atoms with Gasteiger partial charge in [-0.1, -0.05) is 12.2 Å². The van der Waals surface area contributed by atoms with Crippen LogP contribution in [-0.4, -0.2) is 44.8 Å². The van der Waals surface area contributed by atoms with Gasteiger partial charge >= 0.3 is 0 Å². The van der Waals surface area contributed by atoms with Crippen LogP contribution in [-0.2, 0) is 0 Å². The van der Waals surface area contributed by atoms with Gasteiger partial charge in [0.15, 0.2) is 0 Å². The standard InChI is InChI=1S/C16H21N3/c1-18(2)15-9-5-13(6-10-15)17-14-7-11-16(12-8-14)19(3)4/h5-12,15H,1-4H3. The molecule has 2 rings (SSSR count). The molecule has 0 saturated carbocycles. The Morgan fingerprint density at radius 3 is 1.95 bits per heavy atom. The lowest BCUT2D eigenvalue weighted by atomic mass is 10.1. The van der Waals surface area contributed by atoms with Gasteiger partial charge in [-0.3, -0.25) is 4.90 Å². The minimum Gasteiger partial charge on any atom is -0.378 e. The third kappa shape index (κ3) is 3.55. The van der Waals surface area contributed by atoms with Gasteiger partial charge in [0.05, 0.1) is 11.4 Å². The topological polar surface area (TPSA) is 18.8 Å². The summed E-state index contributed by atoms with van der Waals surface area (Å²) < 4.78 is 0. The van der Waals surface area contributed by atoms with E-state index in [1.165, 1.54) is 5.69 Å². The maximum Gasteiger partial charge on any atom is 0.0638 e. The first-order chi connectivity index (χ1) is 9.06. The number of allylic oxidation sites excluding steroid dienone is 2. The van der Waals surface area contributed by atoms with Gasteiger partial charge < -0.3 is 4.90 Å². The summed E-state index contributed by atoms with van der Waals surface area (Å²) in [5, 5.41) is 0. The van der Waals surface area contributed by atoms with Crippen LogP contribution in [0.3, 0.4) is 0 Å². The Morgan fingerprint density at radius 2 is 1.47 bits per heavy atom. The fraction of sp³-hybridized carbons (Fsp3) is 0.312. The fourth-order valence-electron chi connectivity index (χ4n) is 1.91. The van der Waals surface area contributed by atoms with Crippen molar-refractivity contribution in [2.24, 2.45) is 4.99 Å². The Hall–Kier alpha value is -1.87. The molecule has 0 bridgehead atoms. The number of aliphatic imine (C=N–C) groups is 1. The van der Waals surface area contributed by atoms with Gasteiger partial charge in [-0.05, 0) is 50.5 Å². The highest BCUT2D eigenvalue weighted by atomic mass is 15.1. The van der Waals surface area contributed by atoms with E-state index in [-0.39, 0.29) is 0 Å². The Balaban J connectivity index is 2.11. The number of nitrogens with zero attached hydrogens (tertiary/aromatic N) is 3. The van der Waals surface area contributed by atoms with Crippen LogP contribution in [0.2, 0.25) is 0 Å². The number of benzene rings is 1. The highest BCUT2D eigenvalue weighted by Gasteiger charge is 2.07. The van der Waals surface area contributed by atoms with E-state index in [9.17, 15) is 0 Å². The maximum absolute atomic E-state index is 4.62. The summed E-state index contributed by atoms with van der Waals surface area (Å²) in [6.07, 6.45) is 8.47. The first-order valence-electron chi connectivity index (χ1n) is 6.45. The summed E-state index contributed by atoms with van der Waals surface area (Å²) in [5.41, 5.74) is 3.17. The number of rotatable bonds is 3. The Labute approximate surface area is 115 Å². The molecule has 0 N–H and O–H groups in total. The van der Waals surface area contributed by atoms with Crippen LogP contribution < -0.4 is 4.90 Å². The minimum atomic E-state index is 0.370. The molecule has 0 heterocycles. The molecular formula is C16H21N3. The van der Waals surface area contributed by atoms with Crippen molar-refractivity contribution in [1.82, 2.24) is 4.90 Å². The quantitative estimate of drug-likeness (QED) is 0.827. The average molecular weight is 255 g/mol. The van der Waals surface area contributed by atoms with Crippen LogP contribution in [0.4, 0.5) is 11.4 Å². The van der Waals surface area contributed by atoms with Crippen molar-refractivity contribution < 1.29 is 0 Å². The van der Waals surface area contributed by atoms with Gasteiger partial charge in [-0.25, -0.2) is 4.99 Å². The summed E-state index contributed by atoms with van der Waals surface area (Å²) in [6.45, 7) is 0. The van der Waals surface area contributed by atoms with Gasteiger partial charge in [0.25, 0.3) is 0 Å². The van der Waals surface area contributed by atoms with E-state index in [0.717, 1.165) is 11.4 Å². The summed E-state index contributed by atoms with van der Waals surface area (Å²) >= 11 is 0. The summed E-state index contributed by atoms with van der Waals surface area (Å²) in [5.74, 6) is 0. The summed E-state index contributed by atoms with van der Waals surface area (Å²) in [7, 11) is 8.21. The zero-order valence-electron chi connectivity index (χ0n) is 12.0. The van der Waals surface area contributed by atoms with Crippen molar-refractivity contribution in [3.63, 3.8) is 0 Å². The van der Waals surface area contributed by atoms with Crippen LogP contribution in [0.1, 0.15) is 0 Å². The van der Waals surface area contributed by atoms with Crippen LogP contribution in [0.25, 0.3) is 0 Å². The van der Waals surface area contributed by atoms with Crippen molar-refractivity contribution in [2.45, 2.75) is 6.04 Å². The third-order valence-electron chi connectivity index (χ3n) is 3.15. The molecule has 0 spiro atoms. The van der Waals surface area contributed by atoms with Crippen molar-refractivity contribution in [2.75, 3.05) is 33.1 Å². The predicted octanol–water partition coefficient (Wildman–Crippen LogP) is 2.88. The SMILES string of the molecule is CN(C)c1ccc(N=C2C=CC(N(C)C)C=C2)cc1. The zero-order chi connectivity index (χ0) is 13.8. The molecule has 3 heteroatoms. The number of hydrogen-bond acceptors (Lipinski definition) is 3. The number of hydrogen-bond donors (Lipinski definition) is 0. The van der Waals surface area contributed by atoms with E-state index in [2.05, 4.69) is 65.3 Å². The van der Waals surface area contributed by atoms with Crippen LogP contribution in [0, 0.1) is 0 Å². The lowest BCUT2D eigenvalue weighted by Crippen LogP contribution is -2.25.